The first-order valence-electron chi connectivity index (χ1n) is 9.42. The maximum absolute atomic E-state index is 12.7. The molecule has 5 heteroatoms. The SMILES string of the molecule is Cc1cccc(OCc2c(C(=O)NC3CCCCC3C)noc2C)c1C. The Morgan fingerprint density at radius 2 is 2.04 bits per heavy atom. The smallest absolute Gasteiger partial charge is 0.274 e. The van der Waals surface area contributed by atoms with Crippen LogP contribution in [0.15, 0.2) is 22.7 Å². The van der Waals surface area contributed by atoms with Gasteiger partial charge in [-0.25, -0.2) is 0 Å². The zero-order valence-electron chi connectivity index (χ0n) is 16.1. The van der Waals surface area contributed by atoms with Gasteiger partial charge in [0.2, 0.25) is 0 Å². The number of amides is 1. The molecule has 1 aliphatic carbocycles. The summed E-state index contributed by atoms with van der Waals surface area (Å²) >= 11 is 0. The largest absolute Gasteiger partial charge is 0.488 e. The zero-order valence-corrected chi connectivity index (χ0v) is 16.1. The van der Waals surface area contributed by atoms with E-state index in [1.807, 2.05) is 26.0 Å². The molecule has 5 nitrogen and oxygen atoms in total. The second-order valence-corrected chi connectivity index (χ2v) is 7.39. The van der Waals surface area contributed by atoms with Gasteiger partial charge >= 0.3 is 0 Å². The van der Waals surface area contributed by atoms with E-state index in [1.54, 1.807) is 0 Å². The van der Waals surface area contributed by atoms with Gasteiger partial charge in [-0.1, -0.05) is 37.1 Å². The van der Waals surface area contributed by atoms with Crippen LogP contribution in [0.3, 0.4) is 0 Å². The van der Waals surface area contributed by atoms with Gasteiger partial charge in [-0.2, -0.15) is 0 Å². The van der Waals surface area contributed by atoms with Crippen molar-refractivity contribution in [2.75, 3.05) is 0 Å². The third-order valence-electron chi connectivity index (χ3n) is 5.55. The fourth-order valence-electron chi connectivity index (χ4n) is 3.54. The third-order valence-corrected chi connectivity index (χ3v) is 5.55. The normalized spacial score (nSPS) is 20.0. The van der Waals surface area contributed by atoms with Crippen molar-refractivity contribution in [3.63, 3.8) is 0 Å². The van der Waals surface area contributed by atoms with Crippen LogP contribution in [0.5, 0.6) is 5.75 Å². The average Bonchev–Trinajstić information content (AvgIpc) is 2.99. The Kier molecular flexibility index (Phi) is 5.64. The van der Waals surface area contributed by atoms with Crippen LogP contribution in [0.2, 0.25) is 0 Å². The first kappa shape index (κ1) is 18.5. The molecule has 1 fully saturated rings. The Labute approximate surface area is 155 Å². The first-order chi connectivity index (χ1) is 12.5. The predicted octanol–water partition coefficient (Wildman–Crippen LogP) is 4.49. The molecule has 140 valence electrons. The van der Waals surface area contributed by atoms with Crippen LogP contribution in [0.4, 0.5) is 0 Å². The minimum atomic E-state index is -0.167. The van der Waals surface area contributed by atoms with Crippen molar-refractivity contribution in [1.29, 1.82) is 0 Å². The van der Waals surface area contributed by atoms with Gasteiger partial charge in [-0.15, -0.1) is 0 Å². The van der Waals surface area contributed by atoms with Crippen LogP contribution in [0.25, 0.3) is 0 Å². The summed E-state index contributed by atoms with van der Waals surface area (Å²) < 4.78 is 11.2. The number of hydrogen-bond donors (Lipinski definition) is 1. The van der Waals surface area contributed by atoms with E-state index in [0.717, 1.165) is 30.6 Å². The molecule has 1 amide bonds. The summed E-state index contributed by atoms with van der Waals surface area (Å²) in [5, 5.41) is 7.13. The first-order valence-corrected chi connectivity index (χ1v) is 9.42. The molecule has 0 saturated heterocycles. The highest BCUT2D eigenvalue weighted by molar-refractivity contribution is 5.94. The molecule has 2 aromatic rings. The molecule has 1 heterocycles. The second kappa shape index (κ2) is 7.94. The van der Waals surface area contributed by atoms with Crippen molar-refractivity contribution >= 4 is 5.91 Å². The quantitative estimate of drug-likeness (QED) is 0.857. The predicted molar refractivity (Wildman–Crippen MR) is 100 cm³/mol. The van der Waals surface area contributed by atoms with Gasteiger partial charge in [0.15, 0.2) is 5.69 Å². The summed E-state index contributed by atoms with van der Waals surface area (Å²) in [6.45, 7) is 8.36. The lowest BCUT2D eigenvalue weighted by molar-refractivity contribution is 0.0899. The molecule has 1 N–H and O–H groups in total. The van der Waals surface area contributed by atoms with E-state index in [1.165, 1.54) is 12.0 Å². The maximum atomic E-state index is 12.7. The molecule has 0 bridgehead atoms. The van der Waals surface area contributed by atoms with Gasteiger partial charge in [-0.3, -0.25) is 4.79 Å². The lowest BCUT2D eigenvalue weighted by atomic mass is 9.86. The second-order valence-electron chi connectivity index (χ2n) is 7.39. The van der Waals surface area contributed by atoms with Crippen LogP contribution in [-0.4, -0.2) is 17.1 Å². The number of benzene rings is 1. The minimum absolute atomic E-state index is 0.167. The van der Waals surface area contributed by atoms with Crippen molar-refractivity contribution in [3.8, 4) is 5.75 Å². The van der Waals surface area contributed by atoms with E-state index in [4.69, 9.17) is 9.26 Å². The van der Waals surface area contributed by atoms with Crippen molar-refractivity contribution in [1.82, 2.24) is 10.5 Å². The van der Waals surface area contributed by atoms with Crippen LogP contribution < -0.4 is 10.1 Å². The van der Waals surface area contributed by atoms with Gasteiger partial charge in [0.1, 0.15) is 18.1 Å². The Hall–Kier alpha value is -2.30. The molecule has 1 aliphatic rings. The van der Waals surface area contributed by atoms with E-state index in [0.29, 0.717) is 22.9 Å². The monoisotopic (exact) mass is 356 g/mol. The van der Waals surface area contributed by atoms with Crippen LogP contribution in [0.1, 0.15) is 65.5 Å². The fourth-order valence-corrected chi connectivity index (χ4v) is 3.54. The summed E-state index contributed by atoms with van der Waals surface area (Å²) in [4.78, 5) is 12.7. The summed E-state index contributed by atoms with van der Waals surface area (Å²) in [5.74, 6) is 1.77. The Morgan fingerprint density at radius 3 is 2.81 bits per heavy atom. The van der Waals surface area contributed by atoms with E-state index in [-0.39, 0.29) is 18.6 Å². The zero-order chi connectivity index (χ0) is 18.7. The number of nitrogens with one attached hydrogen (secondary N) is 1. The molecular weight excluding hydrogens is 328 g/mol. The lowest BCUT2D eigenvalue weighted by Gasteiger charge is -2.29. The number of hydrogen-bond acceptors (Lipinski definition) is 4. The average molecular weight is 356 g/mol. The summed E-state index contributed by atoms with van der Waals surface area (Å²) in [7, 11) is 0. The summed E-state index contributed by atoms with van der Waals surface area (Å²) in [5.41, 5.74) is 3.33. The number of aromatic nitrogens is 1. The van der Waals surface area contributed by atoms with E-state index in [2.05, 4.69) is 30.4 Å². The highest BCUT2D eigenvalue weighted by atomic mass is 16.5. The van der Waals surface area contributed by atoms with E-state index < -0.39 is 0 Å². The van der Waals surface area contributed by atoms with Crippen molar-refractivity contribution < 1.29 is 14.1 Å². The van der Waals surface area contributed by atoms with Crippen molar-refractivity contribution in [2.24, 2.45) is 5.92 Å². The van der Waals surface area contributed by atoms with Crippen LogP contribution >= 0.6 is 0 Å². The number of carbonyl (C=O) groups excluding carboxylic acids is 1. The van der Waals surface area contributed by atoms with Gasteiger partial charge in [0.25, 0.3) is 5.91 Å². The van der Waals surface area contributed by atoms with E-state index >= 15 is 0 Å². The van der Waals surface area contributed by atoms with Gasteiger partial charge in [0, 0.05) is 6.04 Å². The molecule has 0 radical (unpaired) electrons. The van der Waals surface area contributed by atoms with Crippen molar-refractivity contribution in [2.45, 2.75) is 66.0 Å². The molecule has 0 aliphatic heterocycles. The van der Waals surface area contributed by atoms with Crippen LogP contribution in [0, 0.1) is 26.7 Å². The third kappa shape index (κ3) is 3.92. The Morgan fingerprint density at radius 1 is 1.27 bits per heavy atom. The molecule has 1 saturated carbocycles. The standard InChI is InChI=1S/C21H28N2O3/c1-13-9-7-11-19(15(13)3)25-12-17-16(4)26-23-20(17)21(24)22-18-10-6-5-8-14(18)2/h7,9,11,14,18H,5-6,8,10,12H2,1-4H3,(H,22,24). The molecule has 1 aromatic heterocycles. The van der Waals surface area contributed by atoms with Crippen LogP contribution in [-0.2, 0) is 6.61 Å². The molecule has 3 rings (SSSR count). The number of carbonyl (C=O) groups is 1. The van der Waals surface area contributed by atoms with Gasteiger partial charge < -0.3 is 14.6 Å². The number of aryl methyl sites for hydroxylation is 2. The summed E-state index contributed by atoms with van der Waals surface area (Å²) in [6, 6.07) is 6.17. The maximum Gasteiger partial charge on any atom is 0.274 e. The topological polar surface area (TPSA) is 64.4 Å². The van der Waals surface area contributed by atoms with Crippen molar-refractivity contribution in [3.05, 3.63) is 46.3 Å². The molecule has 2 atom stereocenters. The number of nitrogens with zero attached hydrogens (tertiary/aromatic N) is 1. The number of ether oxygens (including phenoxy) is 1. The Bertz CT molecular complexity index is 782. The molecular formula is C21H28N2O3. The molecule has 1 aromatic carbocycles. The van der Waals surface area contributed by atoms with Gasteiger partial charge in [-0.05, 0) is 56.7 Å². The van der Waals surface area contributed by atoms with Gasteiger partial charge in [0.05, 0.1) is 5.56 Å². The Balaban J connectivity index is 1.72. The molecule has 26 heavy (non-hydrogen) atoms. The minimum Gasteiger partial charge on any atom is -0.488 e. The highest BCUT2D eigenvalue weighted by Gasteiger charge is 2.27. The summed E-state index contributed by atoms with van der Waals surface area (Å²) in [6.07, 6.45) is 4.59. The fraction of sp³-hybridized carbons (Fsp3) is 0.524. The lowest BCUT2D eigenvalue weighted by Crippen LogP contribution is -2.41. The molecule has 0 spiro atoms. The number of rotatable bonds is 5. The van der Waals surface area contributed by atoms with E-state index in [9.17, 15) is 4.79 Å². The highest BCUT2D eigenvalue weighted by Crippen LogP contribution is 2.26. The molecule has 2 unspecified atom stereocenters.